The minimum atomic E-state index is -2.78. The molecule has 2 heterocycles. The molecule has 37 heavy (non-hydrogen) atoms. The molecular weight excluding hydrogens is 574 g/mol. The normalized spacial score (nSPS) is 25.9. The van der Waals surface area contributed by atoms with E-state index in [0.29, 0.717) is 16.7 Å². The first-order valence-electron chi connectivity index (χ1n) is 11.4. The van der Waals surface area contributed by atoms with Gasteiger partial charge in [-0.2, -0.15) is 0 Å². The van der Waals surface area contributed by atoms with Crippen LogP contribution in [0.15, 0.2) is 59.1 Å². The van der Waals surface area contributed by atoms with Gasteiger partial charge in [0.25, 0.3) is 6.43 Å². The summed E-state index contributed by atoms with van der Waals surface area (Å²) in [5, 5.41) is 25.9. The molecule has 0 radical (unpaired) electrons. The van der Waals surface area contributed by atoms with Crippen molar-refractivity contribution in [3.63, 3.8) is 0 Å². The highest BCUT2D eigenvalue weighted by Gasteiger charge is 2.69. The van der Waals surface area contributed by atoms with Crippen molar-refractivity contribution in [2.45, 2.75) is 30.2 Å². The molecule has 3 N–H and O–H groups in total. The van der Waals surface area contributed by atoms with E-state index in [2.05, 4.69) is 26.2 Å². The number of aliphatic hydroxyl groups is 2. The summed E-state index contributed by atoms with van der Waals surface area (Å²) in [7, 11) is 1.33. The Hall–Kier alpha value is -2.79. The number of carbonyl (C=O) groups is 1. The number of rotatable bonds is 6. The highest BCUT2D eigenvalue weighted by molar-refractivity contribution is 9.10. The number of methoxy groups -OCH3 is 1. The molecule has 1 aliphatic carbocycles. The molecule has 5 atom stereocenters. The molecule has 0 saturated heterocycles. The Labute approximate surface area is 224 Å². The first kappa shape index (κ1) is 25.8. The van der Waals surface area contributed by atoms with Crippen molar-refractivity contribution in [3.05, 3.63) is 75.4 Å². The van der Waals surface area contributed by atoms with Gasteiger partial charge in [-0.3, -0.25) is 4.79 Å². The fraction of sp³-hybridized carbons (Fsp3) is 0.308. The number of halogens is 4. The summed E-state index contributed by atoms with van der Waals surface area (Å²) >= 11 is 9.94. The Morgan fingerprint density at radius 2 is 1.92 bits per heavy atom. The quantitative estimate of drug-likeness (QED) is 0.368. The first-order valence-corrected chi connectivity index (χ1v) is 12.6. The van der Waals surface area contributed by atoms with E-state index < -0.39 is 48.5 Å². The monoisotopic (exact) mass is 594 g/mol. The van der Waals surface area contributed by atoms with Crippen molar-refractivity contribution in [1.29, 1.82) is 0 Å². The number of hydrogen-bond donors (Lipinski definition) is 3. The number of aromatic nitrogens is 1. The van der Waals surface area contributed by atoms with Crippen LogP contribution in [-0.2, 0) is 10.4 Å². The second kappa shape index (κ2) is 9.83. The maximum atomic E-state index is 13.1. The average molecular weight is 596 g/mol. The lowest BCUT2D eigenvalue weighted by Crippen LogP contribution is -2.46. The van der Waals surface area contributed by atoms with Crippen molar-refractivity contribution >= 4 is 33.4 Å². The number of aliphatic hydroxyl groups excluding tert-OH is 1. The van der Waals surface area contributed by atoms with Crippen LogP contribution in [0, 0.1) is 5.92 Å². The van der Waals surface area contributed by atoms with Crippen LogP contribution in [0.25, 0.3) is 11.1 Å². The molecule has 1 aliphatic heterocycles. The number of carbonyl (C=O) groups excluding carboxylic acids is 1. The minimum absolute atomic E-state index is 0.0416. The molecule has 7 nitrogen and oxygen atoms in total. The predicted molar refractivity (Wildman–Crippen MR) is 135 cm³/mol. The van der Waals surface area contributed by atoms with Gasteiger partial charge in [-0.25, -0.2) is 13.8 Å². The van der Waals surface area contributed by atoms with Gasteiger partial charge in [-0.05, 0) is 23.3 Å². The largest absolute Gasteiger partial charge is 0.485 e. The summed E-state index contributed by atoms with van der Waals surface area (Å²) in [6.07, 6.45) is -5.70. The maximum absolute atomic E-state index is 13.1. The summed E-state index contributed by atoms with van der Waals surface area (Å²) in [5.41, 5.74) is -0.517. The summed E-state index contributed by atoms with van der Waals surface area (Å²) < 4.78 is 38.4. The summed E-state index contributed by atoms with van der Waals surface area (Å²) in [6, 6.07) is 15.9. The number of fused-ring (bicyclic) bond motifs is 3. The number of alkyl halides is 2. The van der Waals surface area contributed by atoms with Gasteiger partial charge in [0, 0.05) is 10.4 Å². The van der Waals surface area contributed by atoms with Crippen molar-refractivity contribution in [1.82, 2.24) is 10.3 Å². The molecule has 5 unspecified atom stereocenters. The van der Waals surface area contributed by atoms with Gasteiger partial charge in [0.2, 0.25) is 11.8 Å². The lowest BCUT2D eigenvalue weighted by molar-refractivity contribution is -0.135. The van der Waals surface area contributed by atoms with Crippen LogP contribution >= 0.6 is 27.5 Å². The standard InChI is InChI=1S/C26H22BrClF2N2O5/c1-36-25-19-20(17(23(28)32-25)13-7-9-14(27)10-8-13)37-22-16(12-5-3-2-4-6-12)18(21(33)26(19,22)35)24(34)31-11-15(29)30/h2-10,15-16,18,21-22,33,35H,11H2,1H3,(H,31,34). The van der Waals surface area contributed by atoms with Crippen LogP contribution in [0.1, 0.15) is 17.0 Å². The van der Waals surface area contributed by atoms with E-state index in [9.17, 15) is 23.8 Å². The second-order valence-corrected chi connectivity index (χ2v) is 10.2. The maximum Gasteiger partial charge on any atom is 0.255 e. The number of nitrogens with one attached hydrogen (secondary N) is 1. The third-order valence-corrected chi connectivity index (χ3v) is 7.70. The van der Waals surface area contributed by atoms with Gasteiger partial charge >= 0.3 is 0 Å². The van der Waals surface area contributed by atoms with Crippen LogP contribution < -0.4 is 14.8 Å². The molecule has 194 valence electrons. The number of benzene rings is 2. The highest BCUT2D eigenvalue weighted by Crippen LogP contribution is 2.62. The second-order valence-electron chi connectivity index (χ2n) is 8.91. The number of pyridine rings is 1. The Morgan fingerprint density at radius 1 is 1.24 bits per heavy atom. The Bertz CT molecular complexity index is 1330. The molecule has 1 fully saturated rings. The van der Waals surface area contributed by atoms with Crippen molar-refractivity contribution < 1.29 is 33.3 Å². The molecule has 3 aromatic rings. The molecule has 0 spiro atoms. The van der Waals surface area contributed by atoms with Crippen LogP contribution in [0.5, 0.6) is 11.6 Å². The van der Waals surface area contributed by atoms with E-state index in [1.165, 1.54) is 7.11 Å². The van der Waals surface area contributed by atoms with E-state index in [-0.39, 0.29) is 22.3 Å². The third-order valence-electron chi connectivity index (χ3n) is 6.90. The fourth-order valence-corrected chi connectivity index (χ4v) is 5.88. The molecule has 1 aromatic heterocycles. The van der Waals surface area contributed by atoms with Gasteiger partial charge in [0.05, 0.1) is 30.7 Å². The molecule has 11 heteroatoms. The Kier molecular flexibility index (Phi) is 6.86. The third kappa shape index (κ3) is 4.16. The van der Waals surface area contributed by atoms with Crippen LogP contribution in [0.4, 0.5) is 8.78 Å². The van der Waals surface area contributed by atoms with Gasteiger partial charge in [0.15, 0.2) is 5.60 Å². The molecule has 2 aliphatic rings. The van der Waals surface area contributed by atoms with Crippen LogP contribution in [-0.4, -0.2) is 53.4 Å². The fourth-order valence-electron chi connectivity index (χ4n) is 5.34. The summed E-state index contributed by atoms with van der Waals surface area (Å²) in [4.78, 5) is 17.4. The molecule has 5 rings (SSSR count). The van der Waals surface area contributed by atoms with E-state index in [4.69, 9.17) is 21.1 Å². The van der Waals surface area contributed by atoms with Gasteiger partial charge in [-0.15, -0.1) is 0 Å². The Morgan fingerprint density at radius 3 is 2.54 bits per heavy atom. The molecule has 1 saturated carbocycles. The lowest BCUT2D eigenvalue weighted by Gasteiger charge is -2.27. The van der Waals surface area contributed by atoms with Gasteiger partial charge in [-0.1, -0.05) is 70.0 Å². The Balaban J connectivity index is 1.70. The van der Waals surface area contributed by atoms with Crippen molar-refractivity contribution in [2.24, 2.45) is 5.92 Å². The van der Waals surface area contributed by atoms with Crippen LogP contribution in [0.3, 0.4) is 0 Å². The number of ether oxygens (including phenoxy) is 2. The molecule has 0 bridgehead atoms. The molecule has 1 amide bonds. The van der Waals surface area contributed by atoms with Gasteiger partial charge < -0.3 is 25.0 Å². The number of nitrogens with zero attached hydrogens (tertiary/aromatic N) is 1. The zero-order chi connectivity index (χ0) is 26.5. The van der Waals surface area contributed by atoms with Crippen LogP contribution in [0.2, 0.25) is 5.15 Å². The smallest absolute Gasteiger partial charge is 0.255 e. The molecular formula is C26H22BrClF2N2O5. The number of hydrogen-bond acceptors (Lipinski definition) is 6. The zero-order valence-corrected chi connectivity index (χ0v) is 21.7. The predicted octanol–water partition coefficient (Wildman–Crippen LogP) is 4.28. The summed E-state index contributed by atoms with van der Waals surface area (Å²) in [6.45, 7) is -0.891. The topological polar surface area (TPSA) is 101 Å². The summed E-state index contributed by atoms with van der Waals surface area (Å²) in [5.74, 6) is -2.94. The first-order chi connectivity index (χ1) is 17.7. The number of amides is 1. The van der Waals surface area contributed by atoms with Gasteiger partial charge in [0.1, 0.15) is 23.1 Å². The SMILES string of the molecule is COc1nc(Cl)c(-c2ccc(Br)cc2)c2c1C1(O)C(O)C(C(=O)NCC(F)F)C(c3ccccc3)C1O2. The lowest BCUT2D eigenvalue weighted by atomic mass is 9.86. The highest BCUT2D eigenvalue weighted by atomic mass is 79.9. The molecule has 2 aromatic carbocycles. The van der Waals surface area contributed by atoms with E-state index in [1.807, 2.05) is 0 Å². The average Bonchev–Trinajstić information content (AvgIpc) is 3.30. The van der Waals surface area contributed by atoms with E-state index in [1.54, 1.807) is 54.6 Å². The zero-order valence-electron chi connectivity index (χ0n) is 19.4. The van der Waals surface area contributed by atoms with Crippen molar-refractivity contribution in [2.75, 3.05) is 13.7 Å². The van der Waals surface area contributed by atoms with E-state index in [0.717, 1.165) is 4.47 Å². The van der Waals surface area contributed by atoms with E-state index >= 15 is 0 Å². The van der Waals surface area contributed by atoms with Crippen molar-refractivity contribution in [3.8, 4) is 22.8 Å². The minimum Gasteiger partial charge on any atom is -0.485 e.